The lowest BCUT2D eigenvalue weighted by molar-refractivity contribution is -0.151. The highest BCUT2D eigenvalue weighted by Crippen LogP contribution is 2.42. The van der Waals surface area contributed by atoms with Crippen molar-refractivity contribution in [3.8, 4) is 5.75 Å². The molecule has 1 saturated carbocycles. The summed E-state index contributed by atoms with van der Waals surface area (Å²) < 4.78 is 56.0. The maximum atomic E-state index is 13.0. The van der Waals surface area contributed by atoms with Gasteiger partial charge in [-0.1, -0.05) is 46.2 Å². The van der Waals surface area contributed by atoms with E-state index in [4.69, 9.17) is 14.0 Å². The Hall–Kier alpha value is -1.42. The largest absolute Gasteiger partial charge is 0.491 e. The van der Waals surface area contributed by atoms with Crippen molar-refractivity contribution in [2.75, 3.05) is 6.61 Å². The summed E-state index contributed by atoms with van der Waals surface area (Å²) in [6.45, 7) is 2.26. The van der Waals surface area contributed by atoms with Crippen molar-refractivity contribution in [3.63, 3.8) is 0 Å². The average Bonchev–Trinajstić information content (AvgIpc) is 3.06. The standard InChI is InChI=1S/C24H31F3O4P2/c1-16-13-22-21(9-4-2-3-5-10-23(28)30-22)20(16)12-11-19(31-33-32)15-29-18-8-6-7-17(14-18)24(25,26)27/h2,4,6-8,11-12,14,16,19-22,33H,3,5,9-10,13,15,32H2,1H3/b4-2-,12-11+/t16-,19-,20+,21?,22+/m1/s1. The van der Waals surface area contributed by atoms with Crippen LogP contribution in [0.3, 0.4) is 0 Å². The molecule has 0 saturated heterocycles. The highest BCUT2D eigenvalue weighted by Gasteiger charge is 2.41. The summed E-state index contributed by atoms with van der Waals surface area (Å²) in [4.78, 5) is 12.1. The molecule has 0 aromatic heterocycles. The molecule has 4 nitrogen and oxygen atoms in total. The fraction of sp³-hybridized carbons (Fsp3) is 0.542. The van der Waals surface area contributed by atoms with Gasteiger partial charge in [-0.25, -0.2) is 0 Å². The van der Waals surface area contributed by atoms with E-state index < -0.39 is 17.8 Å². The van der Waals surface area contributed by atoms with E-state index in [0.717, 1.165) is 37.8 Å². The maximum Gasteiger partial charge on any atom is 0.416 e. The van der Waals surface area contributed by atoms with Gasteiger partial charge in [0.2, 0.25) is 0 Å². The highest BCUT2D eigenvalue weighted by molar-refractivity contribution is 8.00. The van der Waals surface area contributed by atoms with Gasteiger partial charge in [0.25, 0.3) is 0 Å². The van der Waals surface area contributed by atoms with E-state index in [2.05, 4.69) is 34.1 Å². The topological polar surface area (TPSA) is 44.8 Å². The lowest BCUT2D eigenvalue weighted by Crippen LogP contribution is -2.25. The predicted molar refractivity (Wildman–Crippen MR) is 127 cm³/mol. The highest BCUT2D eigenvalue weighted by atomic mass is 32.0. The van der Waals surface area contributed by atoms with E-state index in [0.29, 0.717) is 12.3 Å². The third-order valence-electron chi connectivity index (χ3n) is 6.19. The molecule has 0 N–H and O–H groups in total. The Bertz CT molecular complexity index is 843. The van der Waals surface area contributed by atoms with Gasteiger partial charge in [-0.3, -0.25) is 4.79 Å². The van der Waals surface area contributed by atoms with Crippen molar-refractivity contribution in [2.24, 2.45) is 17.8 Å². The van der Waals surface area contributed by atoms with E-state index in [1.807, 2.05) is 6.08 Å². The molecule has 33 heavy (non-hydrogen) atoms. The molecular formula is C24H31F3O4P2. The Morgan fingerprint density at radius 3 is 2.91 bits per heavy atom. The third-order valence-corrected chi connectivity index (χ3v) is 7.03. The lowest BCUT2D eigenvalue weighted by Gasteiger charge is -2.24. The second-order valence-corrected chi connectivity index (χ2v) is 9.76. The van der Waals surface area contributed by atoms with Crippen LogP contribution in [0.15, 0.2) is 48.6 Å². The second kappa shape index (κ2) is 12.3. The van der Waals surface area contributed by atoms with Crippen LogP contribution >= 0.6 is 17.4 Å². The molecule has 1 aliphatic heterocycles. The molecule has 0 radical (unpaired) electrons. The van der Waals surface area contributed by atoms with Gasteiger partial charge in [-0.05, 0) is 55.7 Å². The molecule has 3 rings (SSSR count). The van der Waals surface area contributed by atoms with Crippen molar-refractivity contribution in [3.05, 3.63) is 54.1 Å². The van der Waals surface area contributed by atoms with E-state index >= 15 is 0 Å². The van der Waals surface area contributed by atoms with Crippen LogP contribution < -0.4 is 4.74 Å². The van der Waals surface area contributed by atoms with Crippen molar-refractivity contribution >= 4 is 23.4 Å². The first-order valence-corrected chi connectivity index (χ1v) is 13.9. The zero-order chi connectivity index (χ0) is 23.8. The van der Waals surface area contributed by atoms with E-state index in [1.54, 1.807) is 0 Å². The number of rotatable bonds is 7. The van der Waals surface area contributed by atoms with Crippen LogP contribution in [0.5, 0.6) is 5.75 Å². The molecule has 1 fully saturated rings. The third kappa shape index (κ3) is 7.80. The minimum atomic E-state index is -4.42. The summed E-state index contributed by atoms with van der Waals surface area (Å²) in [7, 11) is 2.64. The van der Waals surface area contributed by atoms with Crippen LogP contribution in [-0.2, 0) is 20.2 Å². The molecule has 2 aliphatic rings. The molecule has 1 aliphatic carbocycles. The fourth-order valence-electron chi connectivity index (χ4n) is 4.52. The fourth-order valence-corrected chi connectivity index (χ4v) is 5.36. The summed E-state index contributed by atoms with van der Waals surface area (Å²) in [6, 6.07) is 4.84. The molecule has 1 aromatic carbocycles. The van der Waals surface area contributed by atoms with Crippen molar-refractivity contribution in [1.82, 2.24) is 0 Å². The van der Waals surface area contributed by atoms with Crippen LogP contribution in [0.2, 0.25) is 0 Å². The number of carbonyl (C=O) groups excluding carboxylic acids is 1. The van der Waals surface area contributed by atoms with Gasteiger partial charge in [0.05, 0.1) is 5.56 Å². The van der Waals surface area contributed by atoms with Gasteiger partial charge in [0, 0.05) is 20.8 Å². The first kappa shape index (κ1) is 26.2. The van der Waals surface area contributed by atoms with E-state index in [1.165, 1.54) is 12.1 Å². The number of alkyl halides is 3. The van der Waals surface area contributed by atoms with Crippen LogP contribution in [0.1, 0.15) is 44.6 Å². The van der Waals surface area contributed by atoms with E-state index in [-0.39, 0.29) is 44.8 Å². The zero-order valence-electron chi connectivity index (χ0n) is 18.6. The summed E-state index contributed by atoms with van der Waals surface area (Å²) in [5, 5.41) is 0. The molecule has 0 spiro atoms. The van der Waals surface area contributed by atoms with Crippen molar-refractivity contribution in [1.29, 1.82) is 0 Å². The van der Waals surface area contributed by atoms with Gasteiger partial charge in [0.1, 0.15) is 24.6 Å². The Labute approximate surface area is 197 Å². The number of ether oxygens (including phenoxy) is 2. The van der Waals surface area contributed by atoms with Crippen LogP contribution in [0.25, 0.3) is 0 Å². The second-order valence-electron chi connectivity index (χ2n) is 8.58. The monoisotopic (exact) mass is 502 g/mol. The summed E-state index contributed by atoms with van der Waals surface area (Å²) in [5.74, 6) is 0.758. The quantitative estimate of drug-likeness (QED) is 0.236. The van der Waals surface area contributed by atoms with Gasteiger partial charge in [0.15, 0.2) is 0 Å². The SMILES string of the molecule is C[C@@H]1C[C@@H]2OC(=O)CCC/C=C\CC2[C@H]1/C=C/[C@H](COc1cccc(C(F)(F)F)c1)OPP. The molecule has 7 atom stereocenters. The molecule has 0 amide bonds. The summed E-state index contributed by atoms with van der Waals surface area (Å²) in [5.41, 5.74) is -0.745. The number of allylic oxidation sites excluding steroid dienone is 3. The first-order chi connectivity index (χ1) is 15.8. The van der Waals surface area contributed by atoms with Gasteiger partial charge in [-0.2, -0.15) is 13.2 Å². The van der Waals surface area contributed by atoms with Crippen molar-refractivity contribution in [2.45, 2.75) is 57.4 Å². The number of benzene rings is 1. The number of hydrogen-bond donors (Lipinski definition) is 0. The van der Waals surface area contributed by atoms with Crippen molar-refractivity contribution < 1.29 is 32.0 Å². The maximum absolute atomic E-state index is 13.0. The van der Waals surface area contributed by atoms with Gasteiger partial charge in [-0.15, -0.1) is 0 Å². The average molecular weight is 502 g/mol. The molecule has 3 unspecified atom stereocenters. The lowest BCUT2D eigenvalue weighted by atomic mass is 9.86. The van der Waals surface area contributed by atoms with E-state index in [9.17, 15) is 18.0 Å². The number of esters is 1. The normalized spacial score (nSPS) is 28.6. The summed E-state index contributed by atoms with van der Waals surface area (Å²) in [6.07, 6.45) is 7.23. The minimum absolute atomic E-state index is 0.100. The molecule has 1 aromatic rings. The zero-order valence-corrected chi connectivity index (χ0v) is 20.7. The Kier molecular flexibility index (Phi) is 9.79. The molecule has 182 valence electrons. The summed E-state index contributed by atoms with van der Waals surface area (Å²) >= 11 is 0. The van der Waals surface area contributed by atoms with Gasteiger partial charge >= 0.3 is 12.1 Å². The molecule has 1 heterocycles. The Morgan fingerprint density at radius 2 is 2.15 bits per heavy atom. The minimum Gasteiger partial charge on any atom is -0.491 e. The van der Waals surface area contributed by atoms with Gasteiger partial charge < -0.3 is 14.0 Å². The molecular weight excluding hydrogens is 471 g/mol. The number of fused-ring (bicyclic) bond motifs is 1. The smallest absolute Gasteiger partial charge is 0.416 e. The predicted octanol–water partition coefficient (Wildman–Crippen LogP) is 6.72. The Balaban J connectivity index is 1.67. The van der Waals surface area contributed by atoms with Crippen LogP contribution in [-0.4, -0.2) is 24.8 Å². The Morgan fingerprint density at radius 1 is 1.33 bits per heavy atom. The molecule has 9 heteroatoms. The number of carbonyl (C=O) groups is 1. The molecule has 0 bridgehead atoms. The van der Waals surface area contributed by atoms with Crippen LogP contribution in [0, 0.1) is 17.8 Å². The first-order valence-electron chi connectivity index (χ1n) is 11.2. The number of halogens is 3. The van der Waals surface area contributed by atoms with Crippen LogP contribution in [0.4, 0.5) is 13.2 Å². The number of hydrogen-bond acceptors (Lipinski definition) is 4.